The Labute approximate surface area is 130 Å². The summed E-state index contributed by atoms with van der Waals surface area (Å²) in [4.78, 5) is 12.0. The van der Waals surface area contributed by atoms with Gasteiger partial charge in [-0.1, -0.05) is 30.3 Å². The number of phenolic OH excluding ortho intramolecular Hbond substituents is 1. The van der Waals surface area contributed by atoms with Gasteiger partial charge in [-0.25, -0.2) is 5.48 Å². The Balaban J connectivity index is 2.10. The molecule has 0 spiro atoms. The van der Waals surface area contributed by atoms with Crippen LogP contribution < -0.4 is 16.9 Å². The molecule has 5 N–H and O–H groups in total. The molecular weight excluding hydrogens is 298 g/mol. The smallest absolute Gasteiger partial charge is 0.299 e. The lowest BCUT2D eigenvalue weighted by Gasteiger charge is -2.06. The lowest BCUT2D eigenvalue weighted by Crippen LogP contribution is -2.33. The number of aromatic nitrogens is 3. The molecule has 0 unspecified atom stereocenters. The van der Waals surface area contributed by atoms with Crippen LogP contribution in [0.2, 0.25) is 0 Å². The van der Waals surface area contributed by atoms with E-state index in [1.165, 1.54) is 6.08 Å². The number of nitrogens with one attached hydrogen (secondary N) is 1. The molecule has 0 amide bonds. The van der Waals surface area contributed by atoms with Crippen molar-refractivity contribution in [1.82, 2.24) is 14.9 Å². The number of hydrogen-bond donors (Lipinski definition) is 4. The number of benzene rings is 2. The SMILES string of the molecule is Nn1c(NO)nnc(/C=C/c2c(O)ccc3ccccc23)c1=O. The zero-order valence-electron chi connectivity index (χ0n) is 11.8. The van der Waals surface area contributed by atoms with Crippen LogP contribution in [0, 0.1) is 0 Å². The second kappa shape index (κ2) is 5.78. The van der Waals surface area contributed by atoms with Gasteiger partial charge in [0.2, 0.25) is 0 Å². The van der Waals surface area contributed by atoms with Gasteiger partial charge in [-0.15, -0.1) is 10.2 Å². The number of nitrogens with two attached hydrogens (primary N) is 1. The molecule has 3 aromatic rings. The van der Waals surface area contributed by atoms with E-state index < -0.39 is 5.56 Å². The van der Waals surface area contributed by atoms with Gasteiger partial charge in [-0.3, -0.25) is 10.0 Å². The molecule has 0 saturated carbocycles. The number of rotatable bonds is 3. The first-order valence-electron chi connectivity index (χ1n) is 6.65. The van der Waals surface area contributed by atoms with Gasteiger partial charge < -0.3 is 10.9 Å². The lowest BCUT2D eigenvalue weighted by atomic mass is 10.0. The Morgan fingerprint density at radius 1 is 1.13 bits per heavy atom. The van der Waals surface area contributed by atoms with E-state index in [9.17, 15) is 9.90 Å². The molecule has 0 bridgehead atoms. The fourth-order valence-corrected chi connectivity index (χ4v) is 2.21. The molecule has 0 saturated heterocycles. The van der Waals surface area contributed by atoms with E-state index in [2.05, 4.69) is 10.2 Å². The summed E-state index contributed by atoms with van der Waals surface area (Å²) in [5, 5.41) is 27.8. The van der Waals surface area contributed by atoms with E-state index in [0.717, 1.165) is 10.8 Å². The Kier molecular flexibility index (Phi) is 3.65. The summed E-state index contributed by atoms with van der Waals surface area (Å²) in [6.45, 7) is 0. The number of phenols is 1. The standard InChI is InChI=1S/C15H13N5O3/c16-20-14(22)12(17-18-15(20)19-23)7-6-11-10-4-2-1-3-9(10)5-8-13(11)21/h1-8,21,23H,16H2,(H,18,19)/b7-6+. The predicted molar refractivity (Wildman–Crippen MR) is 86.4 cm³/mol. The molecule has 8 nitrogen and oxygen atoms in total. The van der Waals surface area contributed by atoms with Gasteiger partial charge in [0.1, 0.15) is 5.75 Å². The maximum Gasteiger partial charge on any atom is 0.299 e. The van der Waals surface area contributed by atoms with Crippen LogP contribution in [0.25, 0.3) is 22.9 Å². The molecule has 0 fully saturated rings. The highest BCUT2D eigenvalue weighted by atomic mass is 16.5. The first-order chi connectivity index (χ1) is 11.1. The van der Waals surface area contributed by atoms with E-state index in [1.54, 1.807) is 23.7 Å². The maximum absolute atomic E-state index is 12.0. The second-order valence-electron chi connectivity index (χ2n) is 4.75. The van der Waals surface area contributed by atoms with E-state index in [1.807, 2.05) is 24.3 Å². The highest BCUT2D eigenvalue weighted by Gasteiger charge is 2.08. The zero-order chi connectivity index (χ0) is 16.4. The van der Waals surface area contributed by atoms with E-state index in [4.69, 9.17) is 11.0 Å². The van der Waals surface area contributed by atoms with Gasteiger partial charge in [0.25, 0.3) is 11.5 Å². The average molecular weight is 311 g/mol. The van der Waals surface area contributed by atoms with Gasteiger partial charge in [0, 0.05) is 5.56 Å². The van der Waals surface area contributed by atoms with Crippen LogP contribution in [-0.2, 0) is 0 Å². The van der Waals surface area contributed by atoms with Crippen molar-refractivity contribution in [2.24, 2.45) is 0 Å². The van der Waals surface area contributed by atoms with Gasteiger partial charge >= 0.3 is 0 Å². The molecule has 0 radical (unpaired) electrons. The van der Waals surface area contributed by atoms with Crippen molar-refractivity contribution >= 4 is 28.9 Å². The number of aromatic hydroxyl groups is 1. The summed E-state index contributed by atoms with van der Waals surface area (Å²) in [5.41, 5.74) is 1.55. The molecule has 23 heavy (non-hydrogen) atoms. The normalized spacial score (nSPS) is 11.2. The van der Waals surface area contributed by atoms with Crippen LogP contribution in [-0.4, -0.2) is 25.2 Å². The summed E-state index contributed by atoms with van der Waals surface area (Å²) in [5.74, 6) is 5.28. The fourth-order valence-electron chi connectivity index (χ4n) is 2.21. The highest BCUT2D eigenvalue weighted by Crippen LogP contribution is 2.28. The van der Waals surface area contributed by atoms with Crippen molar-refractivity contribution in [3.05, 3.63) is 58.0 Å². The van der Waals surface area contributed by atoms with Crippen LogP contribution in [0.1, 0.15) is 11.3 Å². The third kappa shape index (κ3) is 2.58. The van der Waals surface area contributed by atoms with Crippen LogP contribution in [0.3, 0.4) is 0 Å². The Hall–Kier alpha value is -3.39. The molecule has 0 aliphatic carbocycles. The van der Waals surface area contributed by atoms with E-state index >= 15 is 0 Å². The third-order valence-corrected chi connectivity index (χ3v) is 3.37. The van der Waals surface area contributed by atoms with Crippen molar-refractivity contribution < 1.29 is 10.3 Å². The second-order valence-corrected chi connectivity index (χ2v) is 4.75. The van der Waals surface area contributed by atoms with Crippen LogP contribution in [0.4, 0.5) is 5.95 Å². The first kappa shape index (κ1) is 14.5. The minimum atomic E-state index is -0.646. The molecule has 0 atom stereocenters. The van der Waals surface area contributed by atoms with Crippen LogP contribution in [0.15, 0.2) is 41.2 Å². The third-order valence-electron chi connectivity index (χ3n) is 3.37. The number of fused-ring (bicyclic) bond motifs is 1. The lowest BCUT2D eigenvalue weighted by molar-refractivity contribution is 0.377. The van der Waals surface area contributed by atoms with Crippen LogP contribution in [0.5, 0.6) is 5.75 Å². The van der Waals surface area contributed by atoms with Crippen molar-refractivity contribution in [1.29, 1.82) is 0 Å². The molecule has 0 aliphatic rings. The van der Waals surface area contributed by atoms with Crippen molar-refractivity contribution in [3.63, 3.8) is 0 Å². The molecule has 116 valence electrons. The summed E-state index contributed by atoms with van der Waals surface area (Å²) in [6, 6.07) is 10.9. The van der Waals surface area contributed by atoms with E-state index in [0.29, 0.717) is 10.2 Å². The molecule has 1 heterocycles. The largest absolute Gasteiger partial charge is 0.507 e. The number of nitrogen functional groups attached to an aromatic ring is 1. The first-order valence-corrected chi connectivity index (χ1v) is 6.65. The minimum absolute atomic E-state index is 0.0289. The molecule has 0 aliphatic heterocycles. The Morgan fingerprint density at radius 3 is 2.70 bits per heavy atom. The summed E-state index contributed by atoms with van der Waals surface area (Å²) >= 11 is 0. The number of nitrogens with zero attached hydrogens (tertiary/aromatic N) is 3. The summed E-state index contributed by atoms with van der Waals surface area (Å²) in [7, 11) is 0. The Morgan fingerprint density at radius 2 is 1.91 bits per heavy atom. The molecule has 2 aromatic carbocycles. The van der Waals surface area contributed by atoms with Crippen molar-refractivity contribution in [2.75, 3.05) is 11.3 Å². The quantitative estimate of drug-likeness (QED) is 0.422. The van der Waals surface area contributed by atoms with E-state index in [-0.39, 0.29) is 17.4 Å². The molecule has 3 rings (SSSR count). The monoisotopic (exact) mass is 311 g/mol. The molecular formula is C15H13N5O3. The molecule has 1 aromatic heterocycles. The summed E-state index contributed by atoms with van der Waals surface area (Å²) in [6.07, 6.45) is 2.97. The zero-order valence-corrected chi connectivity index (χ0v) is 11.8. The highest BCUT2D eigenvalue weighted by molar-refractivity contribution is 5.95. The van der Waals surface area contributed by atoms with Crippen LogP contribution >= 0.6 is 0 Å². The van der Waals surface area contributed by atoms with Gasteiger partial charge in [-0.05, 0) is 29.0 Å². The minimum Gasteiger partial charge on any atom is -0.507 e. The predicted octanol–water partition coefficient (Wildman–Crippen LogP) is 1.18. The number of hydrogen-bond acceptors (Lipinski definition) is 7. The van der Waals surface area contributed by atoms with Gasteiger partial charge in [0.15, 0.2) is 5.69 Å². The van der Waals surface area contributed by atoms with Gasteiger partial charge in [-0.2, -0.15) is 4.68 Å². The maximum atomic E-state index is 12.0. The van der Waals surface area contributed by atoms with Crippen molar-refractivity contribution in [3.8, 4) is 5.75 Å². The Bertz CT molecular complexity index is 965. The fraction of sp³-hybridized carbons (Fsp3) is 0. The average Bonchev–Trinajstić information content (AvgIpc) is 2.57. The summed E-state index contributed by atoms with van der Waals surface area (Å²) < 4.78 is 0.635. The molecule has 8 heteroatoms. The van der Waals surface area contributed by atoms with Crippen molar-refractivity contribution in [2.45, 2.75) is 0 Å². The van der Waals surface area contributed by atoms with Gasteiger partial charge in [0.05, 0.1) is 0 Å². The topological polar surface area (TPSA) is 126 Å². The number of anilines is 1.